The fourth-order valence-corrected chi connectivity index (χ4v) is 1.68. The zero-order valence-corrected chi connectivity index (χ0v) is 12.9. The third kappa shape index (κ3) is 5.93. The summed E-state index contributed by atoms with van der Waals surface area (Å²) in [6, 6.07) is 7.56. The molecule has 2 N–H and O–H groups in total. The minimum Gasteiger partial charge on any atom is -0.357 e. The maximum Gasteiger partial charge on any atom is 0.241 e. The molecule has 0 aliphatic rings. The first-order valence-electron chi connectivity index (χ1n) is 6.49. The predicted octanol–water partition coefficient (Wildman–Crippen LogP) is 1.48. The number of hydrogen-bond acceptors (Lipinski definition) is 2. The van der Waals surface area contributed by atoms with Gasteiger partial charge in [-0.05, 0) is 24.6 Å². The highest BCUT2D eigenvalue weighted by Gasteiger charge is 2.05. The van der Waals surface area contributed by atoms with Crippen LogP contribution in [0.4, 0.5) is 0 Å². The van der Waals surface area contributed by atoms with E-state index in [1.165, 1.54) is 4.90 Å². The fourth-order valence-electron chi connectivity index (χ4n) is 1.46. The summed E-state index contributed by atoms with van der Waals surface area (Å²) in [6.07, 6.45) is 0. The quantitative estimate of drug-likeness (QED) is 0.639. The molecule has 0 saturated carbocycles. The van der Waals surface area contributed by atoms with Gasteiger partial charge in [-0.15, -0.1) is 0 Å². The van der Waals surface area contributed by atoms with Crippen LogP contribution in [0.25, 0.3) is 0 Å². The molecule has 0 saturated heterocycles. The summed E-state index contributed by atoms with van der Waals surface area (Å²) in [5.41, 5.74) is 1.02. The summed E-state index contributed by atoms with van der Waals surface area (Å²) in [5.74, 6) is 0.612. The van der Waals surface area contributed by atoms with Gasteiger partial charge in [-0.3, -0.25) is 4.79 Å². The van der Waals surface area contributed by atoms with Crippen LogP contribution in [-0.4, -0.2) is 44.0 Å². The number of aliphatic imine (C=N–C) groups is 1. The Kier molecular flexibility index (Phi) is 6.87. The van der Waals surface area contributed by atoms with Crippen molar-refractivity contribution in [2.45, 2.75) is 13.5 Å². The van der Waals surface area contributed by atoms with Crippen LogP contribution in [0.3, 0.4) is 0 Å². The summed E-state index contributed by atoms with van der Waals surface area (Å²) in [5, 5.41) is 6.79. The van der Waals surface area contributed by atoms with Gasteiger partial charge < -0.3 is 15.5 Å². The number of guanidine groups is 1. The van der Waals surface area contributed by atoms with E-state index >= 15 is 0 Å². The van der Waals surface area contributed by atoms with Crippen LogP contribution in [0, 0.1) is 0 Å². The average Bonchev–Trinajstić information content (AvgIpc) is 2.41. The molecule has 1 aromatic carbocycles. The smallest absolute Gasteiger partial charge is 0.241 e. The van der Waals surface area contributed by atoms with Crippen molar-refractivity contribution in [2.75, 3.05) is 27.2 Å². The van der Waals surface area contributed by atoms with Gasteiger partial charge in [0.15, 0.2) is 5.96 Å². The van der Waals surface area contributed by atoms with Gasteiger partial charge >= 0.3 is 0 Å². The van der Waals surface area contributed by atoms with E-state index in [2.05, 4.69) is 15.6 Å². The van der Waals surface area contributed by atoms with Crippen LogP contribution >= 0.6 is 11.6 Å². The van der Waals surface area contributed by atoms with E-state index < -0.39 is 0 Å². The van der Waals surface area contributed by atoms with E-state index in [1.807, 2.05) is 31.2 Å². The molecule has 6 heteroatoms. The number of carbonyl (C=O) groups excluding carboxylic acids is 1. The maximum atomic E-state index is 11.5. The Morgan fingerprint density at radius 2 is 2.10 bits per heavy atom. The first-order chi connectivity index (χ1) is 9.52. The van der Waals surface area contributed by atoms with Gasteiger partial charge in [0.05, 0.1) is 13.1 Å². The third-order valence-corrected chi connectivity index (χ3v) is 2.79. The monoisotopic (exact) mass is 296 g/mol. The highest BCUT2D eigenvalue weighted by atomic mass is 35.5. The van der Waals surface area contributed by atoms with Gasteiger partial charge in [0.25, 0.3) is 0 Å². The summed E-state index contributed by atoms with van der Waals surface area (Å²) >= 11 is 5.93. The normalized spacial score (nSPS) is 11.1. The molecule has 0 bridgehead atoms. The number of nitrogens with zero attached hydrogens (tertiary/aromatic N) is 2. The first-order valence-corrected chi connectivity index (χ1v) is 6.87. The molecule has 20 heavy (non-hydrogen) atoms. The van der Waals surface area contributed by atoms with Crippen molar-refractivity contribution >= 4 is 23.5 Å². The molecule has 5 nitrogen and oxygen atoms in total. The maximum absolute atomic E-state index is 11.5. The number of nitrogens with one attached hydrogen (secondary N) is 2. The molecule has 0 aliphatic heterocycles. The summed E-state index contributed by atoms with van der Waals surface area (Å²) in [7, 11) is 3.44. The average molecular weight is 297 g/mol. The Bertz CT molecular complexity index is 474. The molecule has 0 radical (unpaired) electrons. The largest absolute Gasteiger partial charge is 0.357 e. The Morgan fingerprint density at radius 3 is 2.70 bits per heavy atom. The first kappa shape index (κ1) is 16.3. The van der Waals surface area contributed by atoms with Crippen molar-refractivity contribution in [2.24, 2.45) is 4.99 Å². The Labute approximate surface area is 125 Å². The van der Waals surface area contributed by atoms with Crippen molar-refractivity contribution in [3.05, 3.63) is 34.9 Å². The lowest BCUT2D eigenvalue weighted by atomic mass is 10.2. The van der Waals surface area contributed by atoms with Crippen molar-refractivity contribution in [3.63, 3.8) is 0 Å². The number of amides is 1. The standard InChI is InChI=1S/C14H21ClN4O/c1-4-16-14(18-10-13(20)19(2)3)17-9-11-6-5-7-12(15)8-11/h5-8H,4,9-10H2,1-3H3,(H2,16,17,18). The van der Waals surface area contributed by atoms with Gasteiger partial charge in [0.1, 0.15) is 0 Å². The molecule has 0 aliphatic carbocycles. The van der Waals surface area contributed by atoms with E-state index in [0.29, 0.717) is 17.5 Å². The molecule has 1 rings (SSSR count). The van der Waals surface area contributed by atoms with E-state index in [9.17, 15) is 4.79 Å². The van der Waals surface area contributed by atoms with Gasteiger partial charge in [0, 0.05) is 25.7 Å². The van der Waals surface area contributed by atoms with Crippen LogP contribution < -0.4 is 10.6 Å². The number of carbonyl (C=O) groups is 1. The van der Waals surface area contributed by atoms with E-state index in [1.54, 1.807) is 14.1 Å². The SMILES string of the molecule is CCNC(=NCc1cccc(Cl)c1)NCC(=O)N(C)C. The van der Waals surface area contributed by atoms with E-state index in [0.717, 1.165) is 12.1 Å². The summed E-state index contributed by atoms with van der Waals surface area (Å²) in [4.78, 5) is 17.5. The second-order valence-corrected chi connectivity index (χ2v) is 4.90. The Balaban J connectivity index is 2.60. The molecule has 110 valence electrons. The molecular formula is C14H21ClN4O. The molecule has 0 heterocycles. The second-order valence-electron chi connectivity index (χ2n) is 4.47. The van der Waals surface area contributed by atoms with Crippen molar-refractivity contribution in [1.82, 2.24) is 15.5 Å². The van der Waals surface area contributed by atoms with E-state index in [-0.39, 0.29) is 12.5 Å². The summed E-state index contributed by atoms with van der Waals surface area (Å²) < 4.78 is 0. The van der Waals surface area contributed by atoms with Gasteiger partial charge in [-0.1, -0.05) is 23.7 Å². The predicted molar refractivity (Wildman–Crippen MR) is 83.0 cm³/mol. The number of hydrogen-bond donors (Lipinski definition) is 2. The number of rotatable bonds is 5. The molecular weight excluding hydrogens is 276 g/mol. The molecule has 0 spiro atoms. The summed E-state index contributed by atoms with van der Waals surface area (Å²) in [6.45, 7) is 3.43. The third-order valence-electron chi connectivity index (χ3n) is 2.56. The minimum atomic E-state index is -0.00152. The highest BCUT2D eigenvalue weighted by Crippen LogP contribution is 2.11. The van der Waals surface area contributed by atoms with Crippen LogP contribution in [0.1, 0.15) is 12.5 Å². The number of halogens is 1. The number of benzene rings is 1. The molecule has 0 aromatic heterocycles. The van der Waals surface area contributed by atoms with Crippen LogP contribution in [0.5, 0.6) is 0 Å². The molecule has 1 aromatic rings. The molecule has 0 fully saturated rings. The van der Waals surface area contributed by atoms with Gasteiger partial charge in [0.2, 0.25) is 5.91 Å². The topological polar surface area (TPSA) is 56.7 Å². The highest BCUT2D eigenvalue weighted by molar-refractivity contribution is 6.30. The van der Waals surface area contributed by atoms with E-state index in [4.69, 9.17) is 11.6 Å². The lowest BCUT2D eigenvalue weighted by Crippen LogP contribution is -2.42. The van der Waals surface area contributed by atoms with Crippen molar-refractivity contribution < 1.29 is 4.79 Å². The van der Waals surface area contributed by atoms with Crippen LogP contribution in [0.2, 0.25) is 5.02 Å². The number of likely N-dealkylation sites (N-methyl/N-ethyl adjacent to an activating group) is 1. The van der Waals surface area contributed by atoms with Crippen LogP contribution in [0.15, 0.2) is 29.3 Å². The molecule has 0 atom stereocenters. The zero-order valence-electron chi connectivity index (χ0n) is 12.1. The Morgan fingerprint density at radius 1 is 1.35 bits per heavy atom. The minimum absolute atomic E-state index is 0.00152. The van der Waals surface area contributed by atoms with Gasteiger partial charge in [-0.2, -0.15) is 0 Å². The Hall–Kier alpha value is -1.75. The lowest BCUT2D eigenvalue weighted by Gasteiger charge is -2.14. The molecule has 0 unspecified atom stereocenters. The van der Waals surface area contributed by atoms with Crippen LogP contribution in [-0.2, 0) is 11.3 Å². The second kappa shape index (κ2) is 8.43. The van der Waals surface area contributed by atoms with Crippen molar-refractivity contribution in [3.8, 4) is 0 Å². The van der Waals surface area contributed by atoms with Crippen molar-refractivity contribution in [1.29, 1.82) is 0 Å². The zero-order chi connectivity index (χ0) is 15.0. The molecule has 1 amide bonds. The fraction of sp³-hybridized carbons (Fsp3) is 0.429. The van der Waals surface area contributed by atoms with Gasteiger partial charge in [-0.25, -0.2) is 4.99 Å². The lowest BCUT2D eigenvalue weighted by molar-refractivity contribution is -0.127.